The number of halogens is 1. The molecule has 0 bridgehead atoms. The van der Waals surface area contributed by atoms with E-state index in [4.69, 9.17) is 11.6 Å². The fourth-order valence-electron chi connectivity index (χ4n) is 2.73. The van der Waals surface area contributed by atoms with Gasteiger partial charge in [0.05, 0.1) is 16.4 Å². The van der Waals surface area contributed by atoms with Gasteiger partial charge in [0.1, 0.15) is 5.82 Å². The third-order valence-electron chi connectivity index (χ3n) is 4.11. The van der Waals surface area contributed by atoms with E-state index in [1.807, 2.05) is 79.0 Å². The van der Waals surface area contributed by atoms with Crippen LogP contribution in [0.25, 0.3) is 11.3 Å². The molecule has 2 heterocycles. The number of rotatable bonds is 6. The van der Waals surface area contributed by atoms with Crippen molar-refractivity contribution in [3.8, 4) is 11.3 Å². The maximum atomic E-state index is 6.27. The lowest BCUT2D eigenvalue weighted by Crippen LogP contribution is -2.06. The Morgan fingerprint density at radius 1 is 0.857 bits per heavy atom. The Hall–Kier alpha value is -3.44. The van der Waals surface area contributed by atoms with E-state index in [1.165, 1.54) is 0 Å². The van der Waals surface area contributed by atoms with Crippen LogP contribution in [0.15, 0.2) is 85.2 Å². The minimum Gasteiger partial charge on any atom is -0.366 e. The Balaban J connectivity index is 1.65. The quantitative estimate of drug-likeness (QED) is 0.454. The van der Waals surface area contributed by atoms with Crippen LogP contribution in [0.1, 0.15) is 5.56 Å². The lowest BCUT2D eigenvalue weighted by molar-refractivity contribution is 1.07. The first-order valence-corrected chi connectivity index (χ1v) is 9.24. The van der Waals surface area contributed by atoms with Gasteiger partial charge in [-0.15, -0.1) is 0 Å². The van der Waals surface area contributed by atoms with Crippen molar-refractivity contribution in [2.45, 2.75) is 6.54 Å². The molecule has 5 nitrogen and oxygen atoms in total. The first-order valence-electron chi connectivity index (χ1n) is 8.87. The number of hydrogen-bond donors (Lipinski definition) is 2. The number of pyridine rings is 1. The van der Waals surface area contributed by atoms with Crippen LogP contribution in [0, 0.1) is 0 Å². The summed E-state index contributed by atoms with van der Waals surface area (Å²) in [7, 11) is 0. The molecule has 0 unspecified atom stereocenters. The molecule has 0 aliphatic carbocycles. The smallest absolute Gasteiger partial charge is 0.229 e. The summed E-state index contributed by atoms with van der Waals surface area (Å²) < 4.78 is 0. The van der Waals surface area contributed by atoms with Crippen LogP contribution in [-0.4, -0.2) is 15.0 Å². The molecule has 4 rings (SSSR count). The summed E-state index contributed by atoms with van der Waals surface area (Å²) >= 11 is 6.27. The zero-order valence-corrected chi connectivity index (χ0v) is 15.8. The molecule has 0 radical (unpaired) electrons. The molecule has 28 heavy (non-hydrogen) atoms. The van der Waals surface area contributed by atoms with E-state index in [0.717, 1.165) is 22.5 Å². The predicted octanol–water partition coefficient (Wildman–Crippen LogP) is 5.55. The second-order valence-electron chi connectivity index (χ2n) is 6.15. The molecule has 0 atom stereocenters. The van der Waals surface area contributed by atoms with Gasteiger partial charge in [-0.05, 0) is 23.8 Å². The Morgan fingerprint density at radius 2 is 1.68 bits per heavy atom. The van der Waals surface area contributed by atoms with Gasteiger partial charge in [-0.1, -0.05) is 60.1 Å². The third-order valence-corrected chi connectivity index (χ3v) is 4.44. The topological polar surface area (TPSA) is 62.7 Å². The predicted molar refractivity (Wildman–Crippen MR) is 114 cm³/mol. The van der Waals surface area contributed by atoms with Crippen molar-refractivity contribution in [3.63, 3.8) is 0 Å². The van der Waals surface area contributed by atoms with E-state index >= 15 is 0 Å². The molecule has 0 saturated carbocycles. The Morgan fingerprint density at radius 3 is 2.46 bits per heavy atom. The standard InChI is InChI=1S/C22H18ClN5/c23-18-10-4-5-11-19(18)26-22-27-20(17-8-2-1-3-9-17)13-21(28-22)25-15-16-7-6-12-24-14-16/h1-14H,15H2,(H2,25,26,27,28). The molecule has 2 aromatic heterocycles. The Labute approximate surface area is 168 Å². The number of nitrogens with zero attached hydrogens (tertiary/aromatic N) is 3. The second kappa shape index (κ2) is 8.50. The second-order valence-corrected chi connectivity index (χ2v) is 6.55. The van der Waals surface area contributed by atoms with Crippen molar-refractivity contribution in [3.05, 3.63) is 95.8 Å². The average Bonchev–Trinajstić information content (AvgIpc) is 2.75. The fraction of sp³-hybridized carbons (Fsp3) is 0.0455. The summed E-state index contributed by atoms with van der Waals surface area (Å²) in [5, 5.41) is 7.17. The Kier molecular flexibility index (Phi) is 5.45. The summed E-state index contributed by atoms with van der Waals surface area (Å²) in [5.41, 5.74) is 3.66. The van der Waals surface area contributed by atoms with Gasteiger partial charge in [-0.25, -0.2) is 4.98 Å². The number of nitrogens with one attached hydrogen (secondary N) is 2. The van der Waals surface area contributed by atoms with Gasteiger partial charge >= 0.3 is 0 Å². The molecule has 0 fully saturated rings. The van der Waals surface area contributed by atoms with E-state index in [0.29, 0.717) is 23.3 Å². The van der Waals surface area contributed by atoms with E-state index < -0.39 is 0 Å². The fourth-order valence-corrected chi connectivity index (χ4v) is 2.91. The van der Waals surface area contributed by atoms with Gasteiger partial charge in [-0.2, -0.15) is 4.98 Å². The van der Waals surface area contributed by atoms with Gasteiger partial charge in [0.15, 0.2) is 0 Å². The van der Waals surface area contributed by atoms with Crippen molar-refractivity contribution in [2.24, 2.45) is 0 Å². The highest BCUT2D eigenvalue weighted by atomic mass is 35.5. The van der Waals surface area contributed by atoms with Crippen LogP contribution in [0.4, 0.5) is 17.5 Å². The maximum absolute atomic E-state index is 6.27. The van der Waals surface area contributed by atoms with Crippen molar-refractivity contribution in [1.82, 2.24) is 15.0 Å². The van der Waals surface area contributed by atoms with Gasteiger partial charge < -0.3 is 10.6 Å². The molecule has 2 aromatic carbocycles. The molecule has 0 aliphatic rings. The number of anilines is 3. The molecule has 2 N–H and O–H groups in total. The molecule has 0 spiro atoms. The Bertz CT molecular complexity index is 1050. The third kappa shape index (κ3) is 4.45. The van der Waals surface area contributed by atoms with E-state index in [-0.39, 0.29) is 0 Å². The van der Waals surface area contributed by atoms with Crippen molar-refractivity contribution < 1.29 is 0 Å². The zero-order valence-electron chi connectivity index (χ0n) is 15.0. The molecular weight excluding hydrogens is 370 g/mol. The first-order chi connectivity index (χ1) is 13.8. The van der Waals surface area contributed by atoms with Crippen LogP contribution < -0.4 is 10.6 Å². The zero-order chi connectivity index (χ0) is 19.2. The van der Waals surface area contributed by atoms with Gasteiger partial charge in [0.25, 0.3) is 0 Å². The molecule has 0 aliphatic heterocycles. The van der Waals surface area contributed by atoms with E-state index in [1.54, 1.807) is 6.20 Å². The van der Waals surface area contributed by atoms with Crippen molar-refractivity contribution >= 4 is 29.1 Å². The highest BCUT2D eigenvalue weighted by Gasteiger charge is 2.09. The van der Waals surface area contributed by atoms with E-state index in [2.05, 4.69) is 25.6 Å². The SMILES string of the molecule is Clc1ccccc1Nc1nc(NCc2cccnc2)cc(-c2ccccc2)n1. The van der Waals surface area contributed by atoms with Crippen LogP contribution in [0.5, 0.6) is 0 Å². The largest absolute Gasteiger partial charge is 0.366 e. The summed E-state index contributed by atoms with van der Waals surface area (Å²) in [5.74, 6) is 1.19. The van der Waals surface area contributed by atoms with Crippen molar-refractivity contribution in [1.29, 1.82) is 0 Å². The summed E-state index contributed by atoms with van der Waals surface area (Å²) in [6, 6.07) is 23.4. The minimum absolute atomic E-state index is 0.475. The lowest BCUT2D eigenvalue weighted by Gasteiger charge is -2.12. The van der Waals surface area contributed by atoms with Crippen LogP contribution in [-0.2, 0) is 6.54 Å². The van der Waals surface area contributed by atoms with Crippen LogP contribution >= 0.6 is 11.6 Å². The molecule has 6 heteroatoms. The highest BCUT2D eigenvalue weighted by molar-refractivity contribution is 6.33. The van der Waals surface area contributed by atoms with E-state index in [9.17, 15) is 0 Å². The lowest BCUT2D eigenvalue weighted by atomic mass is 10.1. The normalized spacial score (nSPS) is 10.5. The maximum Gasteiger partial charge on any atom is 0.229 e. The number of aromatic nitrogens is 3. The monoisotopic (exact) mass is 387 g/mol. The molecule has 0 saturated heterocycles. The van der Waals surface area contributed by atoms with Gasteiger partial charge in [0, 0.05) is 30.6 Å². The summed E-state index contributed by atoms with van der Waals surface area (Å²) in [4.78, 5) is 13.4. The number of benzene rings is 2. The highest BCUT2D eigenvalue weighted by Crippen LogP contribution is 2.26. The molecule has 138 valence electrons. The van der Waals surface area contributed by atoms with Gasteiger partial charge in [0.2, 0.25) is 5.95 Å². The molecule has 4 aromatic rings. The summed E-state index contributed by atoms with van der Waals surface area (Å²) in [6.07, 6.45) is 3.59. The summed E-state index contributed by atoms with van der Waals surface area (Å²) in [6.45, 7) is 0.616. The molecule has 0 amide bonds. The van der Waals surface area contributed by atoms with Crippen molar-refractivity contribution in [2.75, 3.05) is 10.6 Å². The average molecular weight is 388 g/mol. The first kappa shape index (κ1) is 17.9. The molecular formula is C22H18ClN5. The van der Waals surface area contributed by atoms with Crippen LogP contribution in [0.3, 0.4) is 0 Å². The minimum atomic E-state index is 0.475. The number of hydrogen-bond acceptors (Lipinski definition) is 5. The van der Waals surface area contributed by atoms with Crippen LogP contribution in [0.2, 0.25) is 5.02 Å². The van der Waals surface area contributed by atoms with Gasteiger partial charge in [-0.3, -0.25) is 4.98 Å². The number of para-hydroxylation sites is 1.